The number of hydrogen-bond acceptors (Lipinski definition) is 0. The van der Waals surface area contributed by atoms with Crippen molar-refractivity contribution in [3.05, 3.63) is 91.0 Å². The van der Waals surface area contributed by atoms with Gasteiger partial charge in [0.1, 0.15) is 0 Å². The molecule has 0 aliphatic heterocycles. The SMILES string of the molecule is C=CC(=C)C.CCc1cc2c(-c3ccccc3)cccc2[cH-]1.[Zr]. The third-order valence-corrected chi connectivity index (χ3v) is 3.65. The maximum atomic E-state index is 3.56. The molecule has 0 aliphatic carbocycles. The fourth-order valence-corrected chi connectivity index (χ4v) is 2.37. The second kappa shape index (κ2) is 9.53. The Bertz CT molecular complexity index is 763. The molecule has 0 heterocycles. The molecule has 3 aromatic carbocycles. The molecule has 0 saturated heterocycles. The standard InChI is InChI=1S/C17H15.C5H8.Zr/c1-2-13-11-15-9-6-10-16(17(15)12-13)14-7-4-3-5-8-14;1-4-5(2)3;/h3-12H,2H2,1H3;4H,1-2H2,3H3;/q-1;;. The quantitative estimate of drug-likeness (QED) is 0.359. The Morgan fingerprint density at radius 1 is 1.09 bits per heavy atom. The van der Waals surface area contributed by atoms with Gasteiger partial charge in [-0.05, 0) is 18.9 Å². The smallest absolute Gasteiger partial charge is 0 e. The monoisotopic (exact) mass is 377 g/mol. The second-order valence-electron chi connectivity index (χ2n) is 5.44. The summed E-state index contributed by atoms with van der Waals surface area (Å²) in [5.74, 6) is 0. The Morgan fingerprint density at radius 3 is 2.30 bits per heavy atom. The van der Waals surface area contributed by atoms with Crippen molar-refractivity contribution < 1.29 is 26.2 Å². The zero-order chi connectivity index (χ0) is 15.9. The molecular weight excluding hydrogens is 355 g/mol. The van der Waals surface area contributed by atoms with Crippen LogP contribution in [0.2, 0.25) is 0 Å². The third-order valence-electron chi connectivity index (χ3n) is 3.65. The maximum Gasteiger partial charge on any atom is 0 e. The summed E-state index contributed by atoms with van der Waals surface area (Å²) < 4.78 is 0. The van der Waals surface area contributed by atoms with Crippen LogP contribution in [-0.4, -0.2) is 0 Å². The van der Waals surface area contributed by atoms with E-state index in [-0.39, 0.29) is 26.2 Å². The summed E-state index contributed by atoms with van der Waals surface area (Å²) in [6, 6.07) is 21.8. The fraction of sp³-hybridized carbons (Fsp3) is 0.136. The molecule has 0 N–H and O–H groups in total. The van der Waals surface area contributed by atoms with Crippen molar-refractivity contribution in [2.75, 3.05) is 0 Å². The molecule has 0 saturated carbocycles. The van der Waals surface area contributed by atoms with Crippen molar-refractivity contribution in [2.24, 2.45) is 0 Å². The predicted octanol–water partition coefficient (Wildman–Crippen LogP) is 6.53. The first-order valence-electron chi connectivity index (χ1n) is 7.67. The fourth-order valence-electron chi connectivity index (χ4n) is 2.37. The van der Waals surface area contributed by atoms with Crippen LogP contribution < -0.4 is 0 Å². The van der Waals surface area contributed by atoms with Gasteiger partial charge in [0.25, 0.3) is 0 Å². The summed E-state index contributed by atoms with van der Waals surface area (Å²) in [5, 5.41) is 2.72. The van der Waals surface area contributed by atoms with Crippen molar-refractivity contribution in [3.8, 4) is 11.1 Å². The van der Waals surface area contributed by atoms with Crippen LogP contribution in [0.1, 0.15) is 19.4 Å². The minimum absolute atomic E-state index is 0. The first-order chi connectivity index (χ1) is 10.7. The minimum Gasteiger partial charge on any atom is -0.164 e. The van der Waals surface area contributed by atoms with E-state index in [1.807, 2.05) is 6.92 Å². The molecule has 0 nitrogen and oxygen atoms in total. The van der Waals surface area contributed by atoms with Crippen molar-refractivity contribution in [3.63, 3.8) is 0 Å². The molecule has 0 amide bonds. The molecule has 0 aliphatic rings. The Labute approximate surface area is 159 Å². The minimum atomic E-state index is 0. The van der Waals surface area contributed by atoms with Gasteiger partial charge in [-0.25, -0.2) is 0 Å². The van der Waals surface area contributed by atoms with Gasteiger partial charge in [-0.15, -0.1) is 34.5 Å². The Hall–Kier alpha value is -1.59. The van der Waals surface area contributed by atoms with Gasteiger partial charge in [0, 0.05) is 26.2 Å². The Kier molecular flexibility index (Phi) is 8.06. The molecule has 3 aromatic rings. The molecular formula is C22H23Zr-. The third kappa shape index (κ3) is 5.22. The van der Waals surface area contributed by atoms with Crippen LogP contribution in [-0.2, 0) is 32.6 Å². The van der Waals surface area contributed by atoms with Crippen LogP contribution >= 0.6 is 0 Å². The van der Waals surface area contributed by atoms with Crippen molar-refractivity contribution in [2.45, 2.75) is 20.3 Å². The summed E-state index contributed by atoms with van der Waals surface area (Å²) in [6.45, 7) is 11.1. The number of aryl methyl sites for hydroxylation is 1. The summed E-state index contributed by atoms with van der Waals surface area (Å²) in [4.78, 5) is 0. The van der Waals surface area contributed by atoms with E-state index in [0.717, 1.165) is 12.0 Å². The van der Waals surface area contributed by atoms with Crippen LogP contribution in [0.4, 0.5) is 0 Å². The van der Waals surface area contributed by atoms with Gasteiger partial charge in [-0.2, -0.15) is 6.07 Å². The number of rotatable bonds is 3. The van der Waals surface area contributed by atoms with E-state index in [4.69, 9.17) is 0 Å². The molecule has 23 heavy (non-hydrogen) atoms. The van der Waals surface area contributed by atoms with Crippen molar-refractivity contribution in [1.29, 1.82) is 0 Å². The zero-order valence-electron chi connectivity index (χ0n) is 14.0. The largest absolute Gasteiger partial charge is 0.164 e. The topological polar surface area (TPSA) is 0 Å². The first-order valence-corrected chi connectivity index (χ1v) is 7.67. The zero-order valence-corrected chi connectivity index (χ0v) is 16.4. The van der Waals surface area contributed by atoms with Gasteiger partial charge < -0.3 is 0 Å². The summed E-state index contributed by atoms with van der Waals surface area (Å²) in [5.41, 5.74) is 5.07. The molecule has 0 bridgehead atoms. The number of fused-ring (bicyclic) bond motifs is 1. The Balaban J connectivity index is 0.000000390. The molecule has 0 atom stereocenters. The normalized spacial score (nSPS) is 9.48. The first kappa shape index (κ1) is 19.5. The molecule has 0 aromatic heterocycles. The summed E-state index contributed by atoms with van der Waals surface area (Å²) >= 11 is 0. The second-order valence-corrected chi connectivity index (χ2v) is 5.44. The van der Waals surface area contributed by atoms with Crippen LogP contribution in [0, 0.1) is 0 Å². The van der Waals surface area contributed by atoms with Gasteiger partial charge in [0.15, 0.2) is 0 Å². The van der Waals surface area contributed by atoms with Gasteiger partial charge in [-0.1, -0.05) is 73.7 Å². The van der Waals surface area contributed by atoms with Crippen LogP contribution in [0.5, 0.6) is 0 Å². The molecule has 0 unspecified atom stereocenters. The molecule has 3 rings (SSSR count). The molecule has 116 valence electrons. The van der Waals surface area contributed by atoms with Crippen LogP contribution in [0.15, 0.2) is 85.5 Å². The van der Waals surface area contributed by atoms with E-state index in [2.05, 4.69) is 80.7 Å². The van der Waals surface area contributed by atoms with E-state index in [9.17, 15) is 0 Å². The van der Waals surface area contributed by atoms with E-state index >= 15 is 0 Å². The van der Waals surface area contributed by atoms with Crippen molar-refractivity contribution in [1.82, 2.24) is 0 Å². The number of allylic oxidation sites excluding steroid dienone is 2. The average Bonchev–Trinajstić information content (AvgIpc) is 2.99. The van der Waals surface area contributed by atoms with E-state index in [1.165, 1.54) is 27.5 Å². The van der Waals surface area contributed by atoms with Gasteiger partial charge in [-0.3, -0.25) is 0 Å². The molecule has 0 fully saturated rings. The number of hydrogen-bond donors (Lipinski definition) is 0. The molecule has 0 spiro atoms. The molecule has 0 radical (unpaired) electrons. The van der Waals surface area contributed by atoms with E-state index < -0.39 is 0 Å². The van der Waals surface area contributed by atoms with Crippen LogP contribution in [0.3, 0.4) is 0 Å². The predicted molar refractivity (Wildman–Crippen MR) is 99.4 cm³/mol. The van der Waals surface area contributed by atoms with E-state index in [1.54, 1.807) is 6.08 Å². The average molecular weight is 379 g/mol. The Morgan fingerprint density at radius 2 is 1.74 bits per heavy atom. The summed E-state index contributed by atoms with van der Waals surface area (Å²) in [6.07, 6.45) is 2.82. The van der Waals surface area contributed by atoms with Crippen LogP contribution in [0.25, 0.3) is 21.9 Å². The summed E-state index contributed by atoms with van der Waals surface area (Å²) in [7, 11) is 0. The van der Waals surface area contributed by atoms with Crippen molar-refractivity contribution >= 4 is 10.8 Å². The number of benzene rings is 2. The van der Waals surface area contributed by atoms with E-state index in [0.29, 0.717) is 0 Å². The maximum absolute atomic E-state index is 3.56. The molecule has 1 heteroatoms. The van der Waals surface area contributed by atoms with Gasteiger partial charge in [0.05, 0.1) is 0 Å². The van der Waals surface area contributed by atoms with Gasteiger partial charge >= 0.3 is 0 Å². The van der Waals surface area contributed by atoms with Gasteiger partial charge in [0.2, 0.25) is 0 Å².